The zero-order valence-electron chi connectivity index (χ0n) is 10.6. The van der Waals surface area contributed by atoms with Crippen molar-refractivity contribution in [2.75, 3.05) is 0 Å². The van der Waals surface area contributed by atoms with Crippen molar-refractivity contribution in [1.82, 2.24) is 0 Å². The van der Waals surface area contributed by atoms with Crippen LogP contribution in [0.1, 0.15) is 16.7 Å². The maximum Gasteiger partial charge on any atom is 0.127 e. The minimum atomic E-state index is -0.272. The van der Waals surface area contributed by atoms with Crippen molar-refractivity contribution in [3.05, 3.63) is 63.4 Å². The van der Waals surface area contributed by atoms with Gasteiger partial charge in [0.25, 0.3) is 0 Å². The number of aryl methyl sites for hydroxylation is 1. The zero-order chi connectivity index (χ0) is 13.8. The standard InChI is InChI=1S/C15H15BrFNO/c1-10-6-13(16)3-5-15(10)19-9-11-2-4-14(17)12(7-11)8-18/h2-7H,8-9,18H2,1H3. The smallest absolute Gasteiger partial charge is 0.127 e. The third-order valence-corrected chi connectivity index (χ3v) is 3.35. The molecule has 0 aliphatic heterocycles. The van der Waals surface area contributed by atoms with Crippen molar-refractivity contribution in [1.29, 1.82) is 0 Å². The largest absolute Gasteiger partial charge is 0.489 e. The van der Waals surface area contributed by atoms with E-state index in [2.05, 4.69) is 15.9 Å². The molecule has 2 rings (SSSR count). The topological polar surface area (TPSA) is 35.2 Å². The van der Waals surface area contributed by atoms with E-state index >= 15 is 0 Å². The Balaban J connectivity index is 2.10. The first-order valence-electron chi connectivity index (χ1n) is 5.96. The summed E-state index contributed by atoms with van der Waals surface area (Å²) in [4.78, 5) is 0. The van der Waals surface area contributed by atoms with Crippen LogP contribution in [0.2, 0.25) is 0 Å². The molecule has 0 saturated heterocycles. The van der Waals surface area contributed by atoms with E-state index in [1.807, 2.05) is 25.1 Å². The fourth-order valence-corrected chi connectivity index (χ4v) is 2.29. The summed E-state index contributed by atoms with van der Waals surface area (Å²) in [5.74, 6) is 0.549. The molecule has 2 N–H and O–H groups in total. The lowest BCUT2D eigenvalue weighted by molar-refractivity contribution is 0.303. The Labute approximate surface area is 120 Å². The van der Waals surface area contributed by atoms with Gasteiger partial charge < -0.3 is 10.5 Å². The molecular formula is C15H15BrFNO. The summed E-state index contributed by atoms with van der Waals surface area (Å²) in [6.07, 6.45) is 0. The number of ether oxygens (including phenoxy) is 1. The number of hydrogen-bond donors (Lipinski definition) is 1. The number of hydrogen-bond acceptors (Lipinski definition) is 2. The van der Waals surface area contributed by atoms with Crippen LogP contribution in [0, 0.1) is 12.7 Å². The molecule has 0 fully saturated rings. The van der Waals surface area contributed by atoms with E-state index in [-0.39, 0.29) is 12.4 Å². The van der Waals surface area contributed by atoms with Gasteiger partial charge in [-0.1, -0.05) is 22.0 Å². The zero-order valence-corrected chi connectivity index (χ0v) is 12.2. The maximum atomic E-state index is 13.3. The van der Waals surface area contributed by atoms with Gasteiger partial charge in [-0.3, -0.25) is 0 Å². The third-order valence-electron chi connectivity index (χ3n) is 2.86. The van der Waals surface area contributed by atoms with Gasteiger partial charge in [-0.15, -0.1) is 0 Å². The SMILES string of the molecule is Cc1cc(Br)ccc1OCc1ccc(F)c(CN)c1. The lowest BCUT2D eigenvalue weighted by Gasteiger charge is -2.10. The molecule has 100 valence electrons. The number of halogens is 2. The lowest BCUT2D eigenvalue weighted by Crippen LogP contribution is -2.03. The Bertz CT molecular complexity index is 586. The van der Waals surface area contributed by atoms with Crippen molar-refractivity contribution >= 4 is 15.9 Å². The molecule has 0 unspecified atom stereocenters. The van der Waals surface area contributed by atoms with Gasteiger partial charge in [0.1, 0.15) is 18.2 Å². The minimum Gasteiger partial charge on any atom is -0.489 e. The van der Waals surface area contributed by atoms with Crippen molar-refractivity contribution in [2.45, 2.75) is 20.1 Å². The third kappa shape index (κ3) is 3.55. The van der Waals surface area contributed by atoms with Crippen molar-refractivity contribution in [3.63, 3.8) is 0 Å². The van der Waals surface area contributed by atoms with Crippen molar-refractivity contribution < 1.29 is 9.13 Å². The Morgan fingerprint density at radius 2 is 2.00 bits per heavy atom. The molecular weight excluding hydrogens is 309 g/mol. The second-order valence-electron chi connectivity index (χ2n) is 4.33. The maximum absolute atomic E-state index is 13.3. The van der Waals surface area contributed by atoms with Gasteiger partial charge >= 0.3 is 0 Å². The fourth-order valence-electron chi connectivity index (χ4n) is 1.81. The van der Waals surface area contributed by atoms with Crippen LogP contribution in [0.25, 0.3) is 0 Å². The molecule has 0 atom stereocenters. The molecule has 0 aromatic heterocycles. The predicted molar refractivity (Wildman–Crippen MR) is 77.5 cm³/mol. The van der Waals surface area contributed by atoms with Gasteiger partial charge in [0.2, 0.25) is 0 Å². The molecule has 2 aromatic carbocycles. The van der Waals surface area contributed by atoms with Gasteiger partial charge in [0, 0.05) is 16.6 Å². The highest BCUT2D eigenvalue weighted by atomic mass is 79.9. The Morgan fingerprint density at radius 3 is 2.68 bits per heavy atom. The number of benzene rings is 2. The Morgan fingerprint density at radius 1 is 1.21 bits per heavy atom. The predicted octanol–water partition coefficient (Wildman–Crippen LogP) is 3.93. The minimum absolute atomic E-state index is 0.191. The van der Waals surface area contributed by atoms with Crippen LogP contribution in [-0.2, 0) is 13.2 Å². The lowest BCUT2D eigenvalue weighted by atomic mass is 10.1. The summed E-state index contributed by atoms with van der Waals surface area (Å²) in [7, 11) is 0. The summed E-state index contributed by atoms with van der Waals surface area (Å²) in [5, 5.41) is 0. The van der Waals surface area contributed by atoms with Gasteiger partial charge in [0.15, 0.2) is 0 Å². The first-order chi connectivity index (χ1) is 9.10. The summed E-state index contributed by atoms with van der Waals surface area (Å²) in [6.45, 7) is 2.57. The summed E-state index contributed by atoms with van der Waals surface area (Å²) < 4.78 is 20.1. The molecule has 19 heavy (non-hydrogen) atoms. The van der Waals surface area contributed by atoms with Gasteiger partial charge in [-0.25, -0.2) is 4.39 Å². The van der Waals surface area contributed by atoms with Crippen LogP contribution in [0.4, 0.5) is 4.39 Å². The molecule has 0 aliphatic carbocycles. The van der Waals surface area contributed by atoms with Crippen LogP contribution in [0.15, 0.2) is 40.9 Å². The van der Waals surface area contributed by atoms with Crippen molar-refractivity contribution in [2.24, 2.45) is 5.73 Å². The molecule has 2 aromatic rings. The van der Waals surface area contributed by atoms with Crippen molar-refractivity contribution in [3.8, 4) is 5.75 Å². The average Bonchev–Trinajstić information content (AvgIpc) is 2.39. The molecule has 0 radical (unpaired) electrons. The van der Waals surface area contributed by atoms with Crippen LogP contribution in [-0.4, -0.2) is 0 Å². The Kier molecular flexibility index (Phi) is 4.56. The highest BCUT2D eigenvalue weighted by Crippen LogP contribution is 2.23. The molecule has 0 bridgehead atoms. The van der Waals surface area contributed by atoms with E-state index in [0.29, 0.717) is 12.2 Å². The summed E-state index contributed by atoms with van der Waals surface area (Å²) in [5.41, 5.74) is 7.95. The number of rotatable bonds is 4. The molecule has 2 nitrogen and oxygen atoms in total. The number of nitrogens with two attached hydrogens (primary N) is 1. The van der Waals surface area contributed by atoms with Gasteiger partial charge in [0.05, 0.1) is 0 Å². The fraction of sp³-hybridized carbons (Fsp3) is 0.200. The molecule has 0 aliphatic rings. The van der Waals surface area contributed by atoms with Crippen LogP contribution in [0.3, 0.4) is 0 Å². The molecule has 4 heteroatoms. The average molecular weight is 324 g/mol. The molecule has 0 heterocycles. The van der Waals surface area contributed by atoms with Gasteiger partial charge in [-0.2, -0.15) is 0 Å². The second-order valence-corrected chi connectivity index (χ2v) is 5.24. The van der Waals surface area contributed by atoms with E-state index in [4.69, 9.17) is 10.5 Å². The van der Waals surface area contributed by atoms with Gasteiger partial charge in [-0.05, 0) is 48.4 Å². The van der Waals surface area contributed by atoms with E-state index < -0.39 is 0 Å². The molecule has 0 saturated carbocycles. The normalized spacial score (nSPS) is 10.5. The van der Waals surface area contributed by atoms with Crippen LogP contribution in [0.5, 0.6) is 5.75 Å². The molecule has 0 amide bonds. The van der Waals surface area contributed by atoms with E-state index in [1.54, 1.807) is 12.1 Å². The van der Waals surface area contributed by atoms with E-state index in [9.17, 15) is 4.39 Å². The first-order valence-corrected chi connectivity index (χ1v) is 6.76. The highest BCUT2D eigenvalue weighted by Gasteiger charge is 2.04. The highest BCUT2D eigenvalue weighted by molar-refractivity contribution is 9.10. The Hall–Kier alpha value is -1.39. The first kappa shape index (κ1) is 14.0. The summed E-state index contributed by atoms with van der Waals surface area (Å²) >= 11 is 3.41. The van der Waals surface area contributed by atoms with E-state index in [1.165, 1.54) is 6.07 Å². The monoisotopic (exact) mass is 323 g/mol. The quantitative estimate of drug-likeness (QED) is 0.925. The summed E-state index contributed by atoms with van der Waals surface area (Å²) in [6, 6.07) is 10.7. The van der Waals surface area contributed by atoms with E-state index in [0.717, 1.165) is 21.3 Å². The second kappa shape index (κ2) is 6.17. The van der Waals surface area contributed by atoms with Crippen LogP contribution < -0.4 is 10.5 Å². The molecule has 0 spiro atoms. The van der Waals surface area contributed by atoms with Crippen LogP contribution >= 0.6 is 15.9 Å².